The minimum absolute atomic E-state index is 0.106. The molecule has 0 atom stereocenters. The van der Waals surface area contributed by atoms with E-state index in [4.69, 9.17) is 11.6 Å². The lowest BCUT2D eigenvalue weighted by Crippen LogP contribution is -2.14. The monoisotopic (exact) mass is 392 g/mol. The predicted octanol–water partition coefficient (Wildman–Crippen LogP) is 4.72. The minimum atomic E-state index is -0.106. The number of nitrogens with zero attached hydrogens (tertiary/aromatic N) is 3. The molecule has 0 aliphatic carbocycles. The zero-order valence-electron chi connectivity index (χ0n) is 13.8. The van der Waals surface area contributed by atoms with Crippen LogP contribution in [0.25, 0.3) is 11.4 Å². The van der Waals surface area contributed by atoms with Crippen molar-refractivity contribution in [1.29, 1.82) is 0 Å². The maximum absolute atomic E-state index is 12.1. The van der Waals surface area contributed by atoms with Crippen LogP contribution >= 0.6 is 34.7 Å². The Bertz CT molecular complexity index is 890. The lowest BCUT2D eigenvalue weighted by molar-refractivity contribution is -0.113. The SMILES string of the molecule is CCn1c(SCC(=O)Nc2cccc(Cl)c2)nnc1-c1csc(C)c1. The first kappa shape index (κ1) is 18.0. The zero-order chi connectivity index (χ0) is 17.8. The number of aromatic nitrogens is 3. The van der Waals surface area contributed by atoms with Gasteiger partial charge in [0.15, 0.2) is 11.0 Å². The molecule has 1 aromatic carbocycles. The number of aryl methyl sites for hydroxylation is 1. The molecule has 0 saturated heterocycles. The maximum Gasteiger partial charge on any atom is 0.234 e. The molecule has 5 nitrogen and oxygen atoms in total. The summed E-state index contributed by atoms with van der Waals surface area (Å²) in [5.41, 5.74) is 1.75. The summed E-state index contributed by atoms with van der Waals surface area (Å²) in [6.07, 6.45) is 0. The van der Waals surface area contributed by atoms with Crippen LogP contribution in [0, 0.1) is 6.92 Å². The van der Waals surface area contributed by atoms with Gasteiger partial charge in [-0.25, -0.2) is 0 Å². The summed E-state index contributed by atoms with van der Waals surface area (Å²) in [6.45, 7) is 4.86. The number of hydrogen-bond donors (Lipinski definition) is 1. The molecule has 3 rings (SSSR count). The number of rotatable bonds is 6. The van der Waals surface area contributed by atoms with Crippen molar-refractivity contribution in [2.75, 3.05) is 11.1 Å². The Morgan fingerprint density at radius 1 is 1.36 bits per heavy atom. The van der Waals surface area contributed by atoms with Crippen LogP contribution in [0.3, 0.4) is 0 Å². The zero-order valence-corrected chi connectivity index (χ0v) is 16.2. The van der Waals surface area contributed by atoms with Crippen LogP contribution in [0.15, 0.2) is 40.9 Å². The Hall–Kier alpha value is -1.83. The van der Waals surface area contributed by atoms with Crippen molar-refractivity contribution in [3.05, 3.63) is 45.6 Å². The van der Waals surface area contributed by atoms with Gasteiger partial charge in [0.2, 0.25) is 5.91 Å². The van der Waals surface area contributed by atoms with Gasteiger partial charge in [0.25, 0.3) is 0 Å². The van der Waals surface area contributed by atoms with Gasteiger partial charge in [0.05, 0.1) is 5.75 Å². The largest absolute Gasteiger partial charge is 0.325 e. The molecule has 25 heavy (non-hydrogen) atoms. The third kappa shape index (κ3) is 4.42. The second-order valence-corrected chi connectivity index (χ2v) is 7.84. The minimum Gasteiger partial charge on any atom is -0.325 e. The number of hydrogen-bond acceptors (Lipinski definition) is 5. The Morgan fingerprint density at radius 2 is 2.20 bits per heavy atom. The summed E-state index contributed by atoms with van der Waals surface area (Å²) in [4.78, 5) is 13.4. The van der Waals surface area contributed by atoms with E-state index in [-0.39, 0.29) is 11.7 Å². The molecule has 1 N–H and O–H groups in total. The van der Waals surface area contributed by atoms with Gasteiger partial charge >= 0.3 is 0 Å². The van der Waals surface area contributed by atoms with Crippen LogP contribution in [0.1, 0.15) is 11.8 Å². The topological polar surface area (TPSA) is 59.8 Å². The normalized spacial score (nSPS) is 10.8. The fourth-order valence-corrected chi connectivity index (χ4v) is 4.02. The van der Waals surface area contributed by atoms with Crippen molar-refractivity contribution in [2.45, 2.75) is 25.5 Å². The molecule has 1 amide bonds. The summed E-state index contributed by atoms with van der Waals surface area (Å²) < 4.78 is 2.03. The van der Waals surface area contributed by atoms with Crippen LogP contribution in [0.4, 0.5) is 5.69 Å². The van der Waals surface area contributed by atoms with Gasteiger partial charge in [-0.05, 0) is 38.1 Å². The highest BCUT2D eigenvalue weighted by molar-refractivity contribution is 7.99. The maximum atomic E-state index is 12.1. The number of nitrogens with one attached hydrogen (secondary N) is 1. The van der Waals surface area contributed by atoms with Gasteiger partial charge < -0.3 is 9.88 Å². The van der Waals surface area contributed by atoms with E-state index >= 15 is 0 Å². The lowest BCUT2D eigenvalue weighted by atomic mass is 10.3. The average Bonchev–Trinajstić information content (AvgIpc) is 3.18. The van der Waals surface area contributed by atoms with E-state index in [1.165, 1.54) is 16.6 Å². The molecule has 0 spiro atoms. The molecule has 0 aliphatic rings. The fourth-order valence-electron chi connectivity index (χ4n) is 2.35. The first-order valence-corrected chi connectivity index (χ1v) is 9.98. The second kappa shape index (κ2) is 8.03. The molecule has 0 saturated carbocycles. The number of thiophene rings is 1. The molecule has 130 valence electrons. The standard InChI is InChI=1S/C17H17ClN4OS2/c1-3-22-16(12-7-11(2)24-9-12)20-21-17(22)25-10-15(23)19-14-6-4-5-13(18)8-14/h4-9H,3,10H2,1-2H3,(H,19,23). The van der Waals surface area contributed by atoms with Crippen LogP contribution in [0.2, 0.25) is 5.02 Å². The van der Waals surface area contributed by atoms with E-state index < -0.39 is 0 Å². The second-order valence-electron chi connectivity index (χ2n) is 5.34. The first-order valence-electron chi connectivity index (χ1n) is 7.73. The van der Waals surface area contributed by atoms with Gasteiger partial charge in [-0.2, -0.15) is 0 Å². The predicted molar refractivity (Wildman–Crippen MR) is 105 cm³/mol. The molecule has 0 bridgehead atoms. The lowest BCUT2D eigenvalue weighted by Gasteiger charge is -2.07. The quantitative estimate of drug-likeness (QED) is 0.616. The molecular formula is C17H17ClN4OS2. The summed E-state index contributed by atoms with van der Waals surface area (Å²) >= 11 is 8.98. The highest BCUT2D eigenvalue weighted by Gasteiger charge is 2.15. The first-order chi connectivity index (χ1) is 12.1. The van der Waals surface area contributed by atoms with Crippen molar-refractivity contribution >= 4 is 46.3 Å². The van der Waals surface area contributed by atoms with Crippen molar-refractivity contribution in [3.8, 4) is 11.4 Å². The number of halogens is 1. The molecule has 2 aromatic heterocycles. The number of carbonyl (C=O) groups excluding carboxylic acids is 1. The fraction of sp³-hybridized carbons (Fsp3) is 0.235. The van der Waals surface area contributed by atoms with Gasteiger partial charge in [0, 0.05) is 33.1 Å². The van der Waals surface area contributed by atoms with Crippen molar-refractivity contribution in [2.24, 2.45) is 0 Å². The Kier molecular flexibility index (Phi) is 5.78. The van der Waals surface area contributed by atoms with E-state index in [2.05, 4.69) is 33.9 Å². The number of amides is 1. The van der Waals surface area contributed by atoms with Crippen LogP contribution < -0.4 is 5.32 Å². The van der Waals surface area contributed by atoms with E-state index in [1.54, 1.807) is 35.6 Å². The van der Waals surface area contributed by atoms with E-state index in [0.717, 1.165) is 23.1 Å². The summed E-state index contributed by atoms with van der Waals surface area (Å²) in [6, 6.07) is 9.19. The van der Waals surface area contributed by atoms with Gasteiger partial charge in [-0.3, -0.25) is 4.79 Å². The van der Waals surface area contributed by atoms with Gasteiger partial charge in [-0.1, -0.05) is 29.4 Å². The number of benzene rings is 1. The Labute approximate surface area is 159 Å². The highest BCUT2D eigenvalue weighted by atomic mass is 35.5. The molecule has 0 radical (unpaired) electrons. The molecule has 0 unspecified atom stereocenters. The summed E-state index contributed by atoms with van der Waals surface area (Å²) in [7, 11) is 0. The molecular weight excluding hydrogens is 376 g/mol. The van der Waals surface area contributed by atoms with Crippen LogP contribution in [0.5, 0.6) is 0 Å². The molecule has 3 aromatic rings. The Morgan fingerprint density at radius 3 is 2.88 bits per heavy atom. The van der Waals surface area contributed by atoms with Crippen LogP contribution in [-0.2, 0) is 11.3 Å². The third-order valence-corrected chi connectivity index (χ3v) is 5.53. The number of anilines is 1. The summed E-state index contributed by atoms with van der Waals surface area (Å²) in [5.74, 6) is 0.989. The van der Waals surface area contributed by atoms with Crippen molar-refractivity contribution < 1.29 is 4.79 Å². The smallest absolute Gasteiger partial charge is 0.234 e. The summed E-state index contributed by atoms with van der Waals surface area (Å²) in [5, 5.41) is 14.8. The third-order valence-electron chi connectivity index (χ3n) is 3.46. The van der Waals surface area contributed by atoms with Gasteiger partial charge in [0.1, 0.15) is 0 Å². The van der Waals surface area contributed by atoms with Crippen LogP contribution in [-0.4, -0.2) is 26.4 Å². The molecule has 8 heteroatoms. The van der Waals surface area contributed by atoms with E-state index in [9.17, 15) is 4.79 Å². The van der Waals surface area contributed by atoms with E-state index in [0.29, 0.717) is 10.7 Å². The number of carbonyl (C=O) groups is 1. The molecule has 2 heterocycles. The highest BCUT2D eigenvalue weighted by Crippen LogP contribution is 2.27. The van der Waals surface area contributed by atoms with E-state index in [1.807, 2.05) is 11.5 Å². The van der Waals surface area contributed by atoms with Gasteiger partial charge in [-0.15, -0.1) is 21.5 Å². The Balaban J connectivity index is 1.67. The molecule has 0 aliphatic heterocycles. The molecule has 0 fully saturated rings. The van der Waals surface area contributed by atoms with Crippen molar-refractivity contribution in [3.63, 3.8) is 0 Å². The average molecular weight is 393 g/mol. The van der Waals surface area contributed by atoms with Crippen molar-refractivity contribution in [1.82, 2.24) is 14.8 Å². The number of thioether (sulfide) groups is 1.